The van der Waals surface area contributed by atoms with E-state index in [-0.39, 0.29) is 5.91 Å². The van der Waals surface area contributed by atoms with Crippen LogP contribution in [0, 0.1) is 11.8 Å². The van der Waals surface area contributed by atoms with Crippen LogP contribution in [-0.4, -0.2) is 41.2 Å². The van der Waals surface area contributed by atoms with Crippen LogP contribution in [0.1, 0.15) is 58.6 Å². The molecule has 0 aliphatic carbocycles. The number of anilines is 1. The molecule has 0 radical (unpaired) electrons. The second-order valence-electron chi connectivity index (χ2n) is 9.25. The van der Waals surface area contributed by atoms with Gasteiger partial charge in [-0.15, -0.1) is 0 Å². The zero-order chi connectivity index (χ0) is 24.1. The van der Waals surface area contributed by atoms with Gasteiger partial charge in [-0.25, -0.2) is 4.79 Å². The van der Waals surface area contributed by atoms with E-state index in [1.807, 2.05) is 76.2 Å². The molecule has 1 N–H and O–H groups in total. The summed E-state index contributed by atoms with van der Waals surface area (Å²) in [6, 6.07) is 15.0. The SMILES string of the molecule is CCOc1ccc(C#Cc2ccc(NC(=O)[C@]3(C)CCCN3C(=O)OC(C)(C)C)cc2)cc1. The first-order valence-electron chi connectivity index (χ1n) is 11.3. The number of nitrogens with one attached hydrogen (secondary N) is 1. The van der Waals surface area contributed by atoms with Crippen LogP contribution in [0.5, 0.6) is 5.75 Å². The van der Waals surface area contributed by atoms with E-state index in [4.69, 9.17) is 9.47 Å². The van der Waals surface area contributed by atoms with Crippen molar-refractivity contribution in [1.29, 1.82) is 0 Å². The predicted octanol–water partition coefficient (Wildman–Crippen LogP) is 5.21. The van der Waals surface area contributed by atoms with Gasteiger partial charge in [-0.3, -0.25) is 9.69 Å². The van der Waals surface area contributed by atoms with Crippen molar-refractivity contribution in [2.45, 2.75) is 58.6 Å². The monoisotopic (exact) mass is 448 g/mol. The summed E-state index contributed by atoms with van der Waals surface area (Å²) in [7, 11) is 0. The van der Waals surface area contributed by atoms with Gasteiger partial charge in [-0.1, -0.05) is 11.8 Å². The lowest BCUT2D eigenvalue weighted by Gasteiger charge is -2.35. The minimum absolute atomic E-state index is 0.223. The van der Waals surface area contributed by atoms with E-state index in [2.05, 4.69) is 17.2 Å². The van der Waals surface area contributed by atoms with Gasteiger partial charge in [-0.2, -0.15) is 0 Å². The fraction of sp³-hybridized carbons (Fsp3) is 0.407. The molecule has 33 heavy (non-hydrogen) atoms. The zero-order valence-electron chi connectivity index (χ0n) is 20.0. The fourth-order valence-electron chi connectivity index (χ4n) is 3.66. The Hall–Kier alpha value is -3.46. The highest BCUT2D eigenvalue weighted by Gasteiger charge is 2.47. The molecule has 6 nitrogen and oxygen atoms in total. The Morgan fingerprint density at radius 2 is 1.61 bits per heavy atom. The van der Waals surface area contributed by atoms with Gasteiger partial charge >= 0.3 is 6.09 Å². The number of amides is 2. The number of rotatable bonds is 4. The molecule has 0 unspecified atom stereocenters. The van der Waals surface area contributed by atoms with Gasteiger partial charge in [0.15, 0.2) is 0 Å². The maximum atomic E-state index is 13.1. The van der Waals surface area contributed by atoms with Gasteiger partial charge in [-0.05, 0) is 96.0 Å². The van der Waals surface area contributed by atoms with Crippen LogP contribution in [0.4, 0.5) is 10.5 Å². The minimum atomic E-state index is -0.950. The van der Waals surface area contributed by atoms with Crippen LogP contribution >= 0.6 is 0 Å². The molecule has 1 fully saturated rings. The fourth-order valence-corrected chi connectivity index (χ4v) is 3.66. The Morgan fingerprint density at radius 1 is 1.03 bits per heavy atom. The van der Waals surface area contributed by atoms with Crippen molar-refractivity contribution in [1.82, 2.24) is 4.90 Å². The molecule has 0 aromatic heterocycles. The summed E-state index contributed by atoms with van der Waals surface area (Å²) in [5.41, 5.74) is 0.828. The number of hydrogen-bond acceptors (Lipinski definition) is 4. The molecule has 1 aliphatic heterocycles. The largest absolute Gasteiger partial charge is 0.494 e. The Kier molecular flexibility index (Phi) is 7.33. The van der Waals surface area contributed by atoms with Crippen molar-refractivity contribution in [2.24, 2.45) is 0 Å². The third kappa shape index (κ3) is 6.29. The molecule has 2 aromatic rings. The Morgan fingerprint density at radius 3 is 2.15 bits per heavy atom. The quantitative estimate of drug-likeness (QED) is 0.652. The predicted molar refractivity (Wildman–Crippen MR) is 129 cm³/mol. The summed E-state index contributed by atoms with van der Waals surface area (Å²) in [5.74, 6) is 6.85. The lowest BCUT2D eigenvalue weighted by Crippen LogP contribution is -2.54. The number of likely N-dealkylation sites (tertiary alicyclic amines) is 1. The third-order valence-corrected chi connectivity index (χ3v) is 5.40. The Labute approximate surface area is 196 Å². The van der Waals surface area contributed by atoms with Crippen molar-refractivity contribution in [3.63, 3.8) is 0 Å². The third-order valence-electron chi connectivity index (χ3n) is 5.40. The lowest BCUT2D eigenvalue weighted by atomic mass is 9.97. The van der Waals surface area contributed by atoms with Crippen molar-refractivity contribution < 1.29 is 19.1 Å². The van der Waals surface area contributed by atoms with Gasteiger partial charge in [0.2, 0.25) is 5.91 Å². The lowest BCUT2D eigenvalue weighted by molar-refractivity contribution is -0.125. The number of hydrogen-bond donors (Lipinski definition) is 1. The molecule has 0 spiro atoms. The van der Waals surface area contributed by atoms with Gasteiger partial charge in [0.05, 0.1) is 6.61 Å². The summed E-state index contributed by atoms with van der Waals surface area (Å²) in [6.07, 6.45) is 0.880. The standard InChI is InChI=1S/C27H32N2O4/c1-6-32-23-16-12-21(13-17-23)9-8-20-10-14-22(15-11-20)28-24(30)27(5)18-7-19-29(27)25(31)33-26(2,3)4/h10-17H,6-7,18-19H2,1-5H3,(H,28,30)/t27-/m0/s1. The van der Waals surface area contributed by atoms with Crippen LogP contribution in [0.25, 0.3) is 0 Å². The summed E-state index contributed by atoms with van der Waals surface area (Å²) in [4.78, 5) is 27.2. The molecular weight excluding hydrogens is 416 g/mol. The number of ether oxygens (including phenoxy) is 2. The maximum absolute atomic E-state index is 13.1. The van der Waals surface area contributed by atoms with Crippen LogP contribution in [0.15, 0.2) is 48.5 Å². The molecule has 2 amide bonds. The number of carbonyl (C=O) groups is 2. The number of benzene rings is 2. The summed E-state index contributed by atoms with van der Waals surface area (Å²) < 4.78 is 10.9. The molecule has 0 saturated carbocycles. The van der Waals surface area contributed by atoms with Crippen LogP contribution in [0.3, 0.4) is 0 Å². The first-order chi connectivity index (χ1) is 15.6. The highest BCUT2D eigenvalue weighted by molar-refractivity contribution is 6.00. The Balaban J connectivity index is 1.64. The van der Waals surface area contributed by atoms with Gasteiger partial charge in [0, 0.05) is 23.4 Å². The van der Waals surface area contributed by atoms with Crippen LogP contribution < -0.4 is 10.1 Å². The first kappa shape index (κ1) is 24.2. The number of nitrogens with zero attached hydrogens (tertiary/aromatic N) is 1. The smallest absolute Gasteiger partial charge is 0.411 e. The van der Waals surface area contributed by atoms with Gasteiger partial charge in [0.25, 0.3) is 0 Å². The Bertz CT molecular complexity index is 1040. The average Bonchev–Trinajstić information content (AvgIpc) is 3.16. The second kappa shape index (κ2) is 9.99. The average molecular weight is 449 g/mol. The summed E-state index contributed by atoms with van der Waals surface area (Å²) in [5, 5.41) is 2.94. The summed E-state index contributed by atoms with van der Waals surface area (Å²) >= 11 is 0. The molecule has 1 aliphatic rings. The molecule has 1 saturated heterocycles. The van der Waals surface area contributed by atoms with Gasteiger partial charge < -0.3 is 14.8 Å². The van der Waals surface area contributed by atoms with E-state index in [9.17, 15) is 9.59 Å². The van der Waals surface area contributed by atoms with E-state index in [0.29, 0.717) is 25.3 Å². The normalized spacial score (nSPS) is 17.7. The second-order valence-corrected chi connectivity index (χ2v) is 9.25. The van der Waals surface area contributed by atoms with Crippen molar-refractivity contribution in [3.8, 4) is 17.6 Å². The molecule has 0 bridgehead atoms. The van der Waals surface area contributed by atoms with E-state index < -0.39 is 17.2 Å². The van der Waals surface area contributed by atoms with Crippen LogP contribution in [-0.2, 0) is 9.53 Å². The topological polar surface area (TPSA) is 67.9 Å². The van der Waals surface area contributed by atoms with Crippen molar-refractivity contribution in [2.75, 3.05) is 18.5 Å². The van der Waals surface area contributed by atoms with E-state index in [1.165, 1.54) is 4.90 Å². The molecule has 3 rings (SSSR count). The maximum Gasteiger partial charge on any atom is 0.411 e. The molecule has 1 heterocycles. The van der Waals surface area contributed by atoms with Crippen molar-refractivity contribution >= 4 is 17.7 Å². The van der Waals surface area contributed by atoms with Gasteiger partial charge in [0.1, 0.15) is 16.9 Å². The zero-order valence-corrected chi connectivity index (χ0v) is 20.0. The molecular formula is C27H32N2O4. The van der Waals surface area contributed by atoms with E-state index in [1.54, 1.807) is 6.92 Å². The minimum Gasteiger partial charge on any atom is -0.494 e. The van der Waals surface area contributed by atoms with E-state index in [0.717, 1.165) is 23.3 Å². The molecule has 1 atom stereocenters. The van der Waals surface area contributed by atoms with Crippen molar-refractivity contribution in [3.05, 3.63) is 59.7 Å². The van der Waals surface area contributed by atoms with Crippen LogP contribution in [0.2, 0.25) is 0 Å². The number of carbonyl (C=O) groups excluding carboxylic acids is 2. The van der Waals surface area contributed by atoms with E-state index >= 15 is 0 Å². The molecule has 2 aromatic carbocycles. The molecule has 6 heteroatoms. The molecule has 174 valence electrons. The first-order valence-corrected chi connectivity index (χ1v) is 11.3. The summed E-state index contributed by atoms with van der Waals surface area (Å²) in [6.45, 7) is 10.3. The highest BCUT2D eigenvalue weighted by atomic mass is 16.6. The highest BCUT2D eigenvalue weighted by Crippen LogP contribution is 2.32.